The minimum atomic E-state index is 0.149. The molecule has 52 heavy (non-hydrogen) atoms. The fraction of sp³-hybridized carbons (Fsp3) is 0.429. The van der Waals surface area contributed by atoms with Crippen LogP contribution in [0.4, 0.5) is 0 Å². The molecule has 8 nitrogen and oxygen atoms in total. The molecule has 0 aliphatic carbocycles. The second-order valence-corrected chi connectivity index (χ2v) is 14.4. The zero-order valence-electron chi connectivity index (χ0n) is 31.1. The molecule has 0 N–H and O–H groups in total. The van der Waals surface area contributed by atoms with E-state index in [2.05, 4.69) is 84.6 Å². The Balaban J connectivity index is 1.02. The van der Waals surface area contributed by atoms with Gasteiger partial charge in [-0.3, -0.25) is 0 Å². The number of halogens is 2. The van der Waals surface area contributed by atoms with Crippen molar-refractivity contribution in [2.24, 2.45) is 0 Å². The maximum atomic E-state index is 6.85. The average molecular weight is 750 g/mol. The number of fused-ring (bicyclic) bond motifs is 2. The number of benzene rings is 4. The highest BCUT2D eigenvalue weighted by molar-refractivity contribution is 6.33. The van der Waals surface area contributed by atoms with E-state index in [-0.39, 0.29) is 11.8 Å². The molecule has 2 heterocycles. The molecule has 0 bridgehead atoms. The average Bonchev–Trinajstić information content (AvgIpc) is 3.44. The van der Waals surface area contributed by atoms with Gasteiger partial charge in [0.15, 0.2) is 23.0 Å². The number of nitrogens with zero attached hydrogens (tertiary/aromatic N) is 2. The van der Waals surface area contributed by atoms with E-state index in [9.17, 15) is 0 Å². The van der Waals surface area contributed by atoms with Crippen LogP contribution in [0.5, 0.6) is 34.5 Å². The fourth-order valence-electron chi connectivity index (χ4n) is 7.50. The SMILES string of the molecule is COc1cc2c(c(Cl)c1OC)CCN(C)CC2c1ccc(OCCCCOc2ccc([C@H]3CN(C)CCc4c3cc(OC)c(OC)c4Cl)cc2)cc1. The van der Waals surface area contributed by atoms with Gasteiger partial charge in [0.25, 0.3) is 0 Å². The highest BCUT2D eigenvalue weighted by Gasteiger charge is 2.30. The standard InChI is InChI=1S/C42H50Cl2N2O6/c1-45-19-17-31-33(23-37(47-3)41(49-5)39(31)43)35(25-45)27-9-13-29(14-10-27)51-21-7-8-22-52-30-15-11-28(12-16-30)36-26-46(2)20-18-32-34(36)24-38(48-4)42(50-6)40(32)44/h9-16,23-24,35-36H,7-8,17-22,25-26H2,1-6H3/t35-,36?/m1/s1. The molecule has 10 heteroatoms. The molecule has 1 unspecified atom stereocenters. The molecule has 278 valence electrons. The Kier molecular flexibility index (Phi) is 12.6. The molecule has 0 amide bonds. The van der Waals surface area contributed by atoms with Crippen LogP contribution in [0.25, 0.3) is 0 Å². The first kappa shape index (κ1) is 37.9. The number of ether oxygens (including phenoxy) is 6. The molecule has 0 saturated heterocycles. The van der Waals surface area contributed by atoms with Gasteiger partial charge in [-0.2, -0.15) is 0 Å². The molecule has 0 saturated carbocycles. The number of unbranched alkanes of at least 4 members (excludes halogenated alkanes) is 1. The molecule has 6 rings (SSSR count). The summed E-state index contributed by atoms with van der Waals surface area (Å²) in [6, 6.07) is 21.1. The Bertz CT molecular complexity index is 1680. The third-order valence-electron chi connectivity index (χ3n) is 10.4. The molecule has 4 aromatic carbocycles. The fourth-order valence-corrected chi connectivity index (χ4v) is 8.25. The zero-order valence-corrected chi connectivity index (χ0v) is 32.6. The third kappa shape index (κ3) is 8.21. The number of rotatable bonds is 13. The van der Waals surface area contributed by atoms with Gasteiger partial charge in [-0.15, -0.1) is 0 Å². The molecule has 4 aromatic rings. The van der Waals surface area contributed by atoms with E-state index in [0.29, 0.717) is 46.3 Å². The Hall–Kier alpha value is -3.82. The smallest absolute Gasteiger partial charge is 0.179 e. The van der Waals surface area contributed by atoms with Crippen molar-refractivity contribution in [3.63, 3.8) is 0 Å². The Morgan fingerprint density at radius 2 is 0.962 bits per heavy atom. The van der Waals surface area contributed by atoms with Gasteiger partial charge in [0.2, 0.25) is 0 Å². The normalized spacial score (nSPS) is 17.7. The van der Waals surface area contributed by atoms with Gasteiger partial charge in [-0.05, 0) is 110 Å². The number of hydrogen-bond donors (Lipinski definition) is 0. The summed E-state index contributed by atoms with van der Waals surface area (Å²) < 4.78 is 34.7. The van der Waals surface area contributed by atoms with Gasteiger partial charge >= 0.3 is 0 Å². The van der Waals surface area contributed by atoms with Gasteiger partial charge in [0, 0.05) is 38.0 Å². The Morgan fingerprint density at radius 1 is 0.577 bits per heavy atom. The van der Waals surface area contributed by atoms with Crippen LogP contribution in [0.3, 0.4) is 0 Å². The van der Waals surface area contributed by atoms with E-state index >= 15 is 0 Å². The zero-order chi connectivity index (χ0) is 36.8. The van der Waals surface area contributed by atoms with Crippen LogP contribution < -0.4 is 28.4 Å². The maximum absolute atomic E-state index is 6.85. The third-order valence-corrected chi connectivity index (χ3v) is 11.2. The van der Waals surface area contributed by atoms with Crippen molar-refractivity contribution < 1.29 is 28.4 Å². The summed E-state index contributed by atoms with van der Waals surface area (Å²) >= 11 is 13.7. The summed E-state index contributed by atoms with van der Waals surface area (Å²) in [5.74, 6) is 4.52. The van der Waals surface area contributed by atoms with Crippen molar-refractivity contribution >= 4 is 23.2 Å². The Morgan fingerprint density at radius 3 is 1.31 bits per heavy atom. The molecule has 0 aromatic heterocycles. The van der Waals surface area contributed by atoms with Crippen LogP contribution in [0.15, 0.2) is 60.7 Å². The predicted octanol–water partition coefficient (Wildman–Crippen LogP) is 8.51. The van der Waals surface area contributed by atoms with Crippen molar-refractivity contribution in [2.75, 3.05) is 81.9 Å². The number of hydrogen-bond acceptors (Lipinski definition) is 8. The quantitative estimate of drug-likeness (QED) is 0.126. The van der Waals surface area contributed by atoms with E-state index < -0.39 is 0 Å². The molecule has 2 atom stereocenters. The van der Waals surface area contributed by atoms with E-state index in [1.54, 1.807) is 28.4 Å². The highest BCUT2D eigenvalue weighted by atomic mass is 35.5. The molecule has 2 aliphatic rings. The Labute approximate surface area is 318 Å². The van der Waals surface area contributed by atoms with Crippen molar-refractivity contribution in [1.82, 2.24) is 9.80 Å². The van der Waals surface area contributed by atoms with E-state index in [4.69, 9.17) is 51.6 Å². The van der Waals surface area contributed by atoms with Gasteiger partial charge in [-0.25, -0.2) is 0 Å². The first-order valence-electron chi connectivity index (χ1n) is 17.9. The van der Waals surface area contributed by atoms with Crippen LogP contribution in [-0.2, 0) is 12.8 Å². The molecule has 0 fully saturated rings. The van der Waals surface area contributed by atoms with Crippen LogP contribution in [0.2, 0.25) is 10.0 Å². The lowest BCUT2D eigenvalue weighted by atomic mass is 9.87. The second-order valence-electron chi connectivity index (χ2n) is 13.7. The maximum Gasteiger partial charge on any atom is 0.179 e. The van der Waals surface area contributed by atoms with Gasteiger partial charge in [0.05, 0.1) is 51.7 Å². The minimum Gasteiger partial charge on any atom is -0.494 e. The van der Waals surface area contributed by atoms with Gasteiger partial charge < -0.3 is 38.2 Å². The summed E-state index contributed by atoms with van der Waals surface area (Å²) in [5, 5.41) is 1.28. The molecule has 0 spiro atoms. The monoisotopic (exact) mass is 748 g/mol. The second kappa shape index (κ2) is 17.3. The van der Waals surface area contributed by atoms with Gasteiger partial charge in [0.1, 0.15) is 11.5 Å². The number of methoxy groups -OCH3 is 4. The van der Waals surface area contributed by atoms with Gasteiger partial charge in [-0.1, -0.05) is 47.5 Å². The predicted molar refractivity (Wildman–Crippen MR) is 208 cm³/mol. The van der Waals surface area contributed by atoms with Crippen LogP contribution in [0.1, 0.15) is 58.1 Å². The van der Waals surface area contributed by atoms with Crippen molar-refractivity contribution in [3.05, 3.63) is 104 Å². The van der Waals surface area contributed by atoms with Crippen LogP contribution in [-0.4, -0.2) is 91.7 Å². The van der Waals surface area contributed by atoms with Crippen LogP contribution in [0, 0.1) is 0 Å². The molecular formula is C42H50Cl2N2O6. The highest BCUT2D eigenvalue weighted by Crippen LogP contribution is 2.46. The van der Waals surface area contributed by atoms with E-state index in [0.717, 1.165) is 74.5 Å². The van der Waals surface area contributed by atoms with Crippen LogP contribution >= 0.6 is 23.2 Å². The number of likely N-dealkylation sites (N-methyl/N-ethyl adjacent to an activating group) is 2. The first-order valence-corrected chi connectivity index (χ1v) is 18.7. The summed E-state index contributed by atoms with van der Waals surface area (Å²) in [6.45, 7) is 4.85. The largest absolute Gasteiger partial charge is 0.494 e. The minimum absolute atomic E-state index is 0.149. The molecular weight excluding hydrogens is 699 g/mol. The lowest BCUT2D eigenvalue weighted by Gasteiger charge is -2.24. The summed E-state index contributed by atoms with van der Waals surface area (Å²) in [6.07, 6.45) is 3.48. The summed E-state index contributed by atoms with van der Waals surface area (Å²) in [7, 11) is 10.9. The van der Waals surface area contributed by atoms with Crippen molar-refractivity contribution in [3.8, 4) is 34.5 Å². The molecule has 0 radical (unpaired) electrons. The van der Waals surface area contributed by atoms with E-state index in [1.807, 2.05) is 0 Å². The first-order chi connectivity index (χ1) is 25.3. The summed E-state index contributed by atoms with van der Waals surface area (Å²) in [5.41, 5.74) is 7.04. The van der Waals surface area contributed by atoms with E-state index in [1.165, 1.54) is 22.3 Å². The van der Waals surface area contributed by atoms with Crippen molar-refractivity contribution in [1.29, 1.82) is 0 Å². The molecule has 2 aliphatic heterocycles. The van der Waals surface area contributed by atoms with Crippen molar-refractivity contribution in [2.45, 2.75) is 37.5 Å². The lowest BCUT2D eigenvalue weighted by molar-refractivity contribution is 0.266. The summed E-state index contributed by atoms with van der Waals surface area (Å²) in [4.78, 5) is 4.70. The topological polar surface area (TPSA) is 61.9 Å². The lowest BCUT2D eigenvalue weighted by Crippen LogP contribution is -2.24.